The van der Waals surface area contributed by atoms with E-state index in [2.05, 4.69) is 9.36 Å². The van der Waals surface area contributed by atoms with Crippen LogP contribution in [0, 0.1) is 0 Å². The van der Waals surface area contributed by atoms with Crippen LogP contribution in [0.3, 0.4) is 0 Å². The van der Waals surface area contributed by atoms with Gasteiger partial charge in [-0.25, -0.2) is 9.36 Å². The summed E-state index contributed by atoms with van der Waals surface area (Å²) in [5.41, 5.74) is 0.850. The molecule has 0 amide bonds. The summed E-state index contributed by atoms with van der Waals surface area (Å²) < 4.78 is 8.74. The first-order valence-electron chi connectivity index (χ1n) is 2.76. The molecule has 0 saturated carbocycles. The van der Waals surface area contributed by atoms with Gasteiger partial charge in [0.05, 0.1) is 4.88 Å². The SMILES string of the molecule is c1cc(-c2cocn2)sn1. The van der Waals surface area contributed by atoms with E-state index < -0.39 is 0 Å². The summed E-state index contributed by atoms with van der Waals surface area (Å²) in [6.45, 7) is 0. The third-order valence-corrected chi connectivity index (χ3v) is 1.89. The third-order valence-electron chi connectivity index (χ3n) is 1.12. The predicted octanol–water partition coefficient (Wildman–Crippen LogP) is 1.80. The van der Waals surface area contributed by atoms with E-state index in [0.717, 1.165) is 10.6 Å². The largest absolute Gasteiger partial charge is 0.451 e. The van der Waals surface area contributed by atoms with E-state index in [1.54, 1.807) is 12.5 Å². The van der Waals surface area contributed by atoms with Gasteiger partial charge in [0.2, 0.25) is 0 Å². The molecule has 50 valence electrons. The average molecular weight is 152 g/mol. The van der Waals surface area contributed by atoms with Crippen LogP contribution < -0.4 is 0 Å². The van der Waals surface area contributed by atoms with Crippen molar-refractivity contribution in [2.45, 2.75) is 0 Å². The molecule has 0 saturated heterocycles. The highest BCUT2D eigenvalue weighted by atomic mass is 32.1. The van der Waals surface area contributed by atoms with Crippen LogP contribution in [-0.2, 0) is 0 Å². The Labute approximate surface area is 61.5 Å². The molecule has 0 fully saturated rings. The van der Waals surface area contributed by atoms with Gasteiger partial charge in [0, 0.05) is 6.20 Å². The van der Waals surface area contributed by atoms with Gasteiger partial charge in [0.25, 0.3) is 0 Å². The molecule has 0 aliphatic carbocycles. The molecule has 2 heterocycles. The highest BCUT2D eigenvalue weighted by molar-refractivity contribution is 7.09. The Morgan fingerprint density at radius 3 is 3.10 bits per heavy atom. The highest BCUT2D eigenvalue weighted by Gasteiger charge is 2.00. The van der Waals surface area contributed by atoms with Gasteiger partial charge in [0.1, 0.15) is 12.0 Å². The molecule has 2 aromatic rings. The van der Waals surface area contributed by atoms with Crippen molar-refractivity contribution < 1.29 is 4.42 Å². The molecule has 0 bridgehead atoms. The van der Waals surface area contributed by atoms with E-state index in [1.807, 2.05) is 6.07 Å². The monoisotopic (exact) mass is 152 g/mol. The number of hydrogen-bond donors (Lipinski definition) is 0. The van der Waals surface area contributed by atoms with Crippen LogP contribution >= 0.6 is 11.5 Å². The predicted molar refractivity (Wildman–Crippen MR) is 37.6 cm³/mol. The molecular formula is C6H4N2OS. The maximum atomic E-state index is 4.81. The molecular weight excluding hydrogens is 148 g/mol. The zero-order valence-corrected chi connectivity index (χ0v) is 5.84. The Kier molecular flexibility index (Phi) is 1.25. The number of hydrogen-bond acceptors (Lipinski definition) is 4. The third kappa shape index (κ3) is 0.823. The molecule has 10 heavy (non-hydrogen) atoms. The lowest BCUT2D eigenvalue weighted by molar-refractivity contribution is 0.558. The van der Waals surface area contributed by atoms with Crippen LogP contribution in [0.25, 0.3) is 10.6 Å². The van der Waals surface area contributed by atoms with Gasteiger partial charge in [-0.05, 0) is 17.6 Å². The fraction of sp³-hybridized carbons (Fsp3) is 0. The van der Waals surface area contributed by atoms with E-state index in [0.29, 0.717) is 0 Å². The average Bonchev–Trinajstić information content (AvgIpc) is 2.59. The molecule has 3 nitrogen and oxygen atoms in total. The second-order valence-electron chi connectivity index (χ2n) is 1.75. The summed E-state index contributed by atoms with van der Waals surface area (Å²) in [5.74, 6) is 0. The Morgan fingerprint density at radius 2 is 2.50 bits per heavy atom. The van der Waals surface area contributed by atoms with Crippen LogP contribution in [0.4, 0.5) is 0 Å². The summed E-state index contributed by atoms with van der Waals surface area (Å²) in [7, 11) is 0. The minimum atomic E-state index is 0.850. The first-order chi connectivity index (χ1) is 4.97. The van der Waals surface area contributed by atoms with Crippen molar-refractivity contribution >= 4 is 11.5 Å². The Hall–Kier alpha value is -1.16. The van der Waals surface area contributed by atoms with E-state index in [4.69, 9.17) is 4.42 Å². The topological polar surface area (TPSA) is 38.9 Å². The second-order valence-corrected chi connectivity index (χ2v) is 2.58. The number of rotatable bonds is 1. The molecule has 0 aliphatic rings. The maximum Gasteiger partial charge on any atom is 0.181 e. The summed E-state index contributed by atoms with van der Waals surface area (Å²) in [6, 6.07) is 1.91. The van der Waals surface area contributed by atoms with Gasteiger partial charge in [-0.3, -0.25) is 0 Å². The van der Waals surface area contributed by atoms with Crippen LogP contribution in [0.15, 0.2) is 29.3 Å². The fourth-order valence-electron chi connectivity index (χ4n) is 0.682. The van der Waals surface area contributed by atoms with Gasteiger partial charge < -0.3 is 4.42 Å². The van der Waals surface area contributed by atoms with Crippen LogP contribution in [-0.4, -0.2) is 9.36 Å². The van der Waals surface area contributed by atoms with Crippen molar-refractivity contribution in [1.82, 2.24) is 9.36 Å². The first-order valence-corrected chi connectivity index (χ1v) is 3.53. The standard InChI is InChI=1S/C6H4N2OS/c1-2-8-10-6(1)5-3-9-4-7-5/h1-4H. The number of oxazole rings is 1. The molecule has 0 aliphatic heterocycles. The van der Waals surface area contributed by atoms with Crippen molar-refractivity contribution in [2.75, 3.05) is 0 Å². The lowest BCUT2D eigenvalue weighted by Gasteiger charge is -1.80. The lowest BCUT2D eigenvalue weighted by atomic mass is 10.4. The smallest absolute Gasteiger partial charge is 0.181 e. The quantitative estimate of drug-likeness (QED) is 0.625. The Balaban J connectivity index is 2.48. The molecule has 0 spiro atoms. The van der Waals surface area contributed by atoms with Gasteiger partial charge in [-0.1, -0.05) is 0 Å². The summed E-state index contributed by atoms with van der Waals surface area (Å²) in [5, 5.41) is 0. The van der Waals surface area contributed by atoms with Crippen molar-refractivity contribution in [1.29, 1.82) is 0 Å². The van der Waals surface area contributed by atoms with Crippen LogP contribution in [0.2, 0.25) is 0 Å². The van der Waals surface area contributed by atoms with Crippen molar-refractivity contribution in [2.24, 2.45) is 0 Å². The van der Waals surface area contributed by atoms with E-state index in [9.17, 15) is 0 Å². The molecule has 0 unspecified atom stereocenters. The van der Waals surface area contributed by atoms with E-state index in [1.165, 1.54) is 17.9 Å². The van der Waals surface area contributed by atoms with E-state index in [-0.39, 0.29) is 0 Å². The minimum absolute atomic E-state index is 0.850. The van der Waals surface area contributed by atoms with Crippen molar-refractivity contribution in [3.8, 4) is 10.6 Å². The zero-order chi connectivity index (χ0) is 6.81. The lowest BCUT2D eigenvalue weighted by Crippen LogP contribution is -1.65. The molecule has 2 aromatic heterocycles. The Bertz CT molecular complexity index is 255. The maximum absolute atomic E-state index is 4.81. The van der Waals surface area contributed by atoms with Crippen LogP contribution in [0.1, 0.15) is 0 Å². The minimum Gasteiger partial charge on any atom is -0.451 e. The molecule has 0 aromatic carbocycles. The van der Waals surface area contributed by atoms with Gasteiger partial charge in [-0.2, -0.15) is 0 Å². The van der Waals surface area contributed by atoms with Gasteiger partial charge in [0.15, 0.2) is 6.39 Å². The summed E-state index contributed by atoms with van der Waals surface area (Å²) in [4.78, 5) is 5.00. The summed E-state index contributed by atoms with van der Waals surface area (Å²) >= 11 is 1.41. The molecule has 0 N–H and O–H groups in total. The van der Waals surface area contributed by atoms with Gasteiger partial charge in [-0.15, -0.1) is 0 Å². The molecule has 0 atom stereocenters. The van der Waals surface area contributed by atoms with Crippen molar-refractivity contribution in [3.05, 3.63) is 24.9 Å². The molecule has 4 heteroatoms. The molecule has 0 radical (unpaired) electrons. The second kappa shape index (κ2) is 2.22. The fourth-order valence-corrected chi connectivity index (χ4v) is 1.23. The van der Waals surface area contributed by atoms with Crippen LogP contribution in [0.5, 0.6) is 0 Å². The van der Waals surface area contributed by atoms with E-state index >= 15 is 0 Å². The Morgan fingerprint density at radius 1 is 1.50 bits per heavy atom. The normalized spacial score (nSPS) is 10.0. The molecule has 2 rings (SSSR count). The number of aromatic nitrogens is 2. The zero-order valence-electron chi connectivity index (χ0n) is 5.02. The number of nitrogens with zero attached hydrogens (tertiary/aromatic N) is 2. The first kappa shape index (κ1) is 5.61. The summed E-state index contributed by atoms with van der Waals surface area (Å²) in [6.07, 6.45) is 4.76. The van der Waals surface area contributed by atoms with Crippen molar-refractivity contribution in [3.63, 3.8) is 0 Å². The van der Waals surface area contributed by atoms with Gasteiger partial charge >= 0.3 is 0 Å². The highest BCUT2D eigenvalue weighted by Crippen LogP contribution is 2.19.